The predicted molar refractivity (Wildman–Crippen MR) is 188 cm³/mol. The van der Waals surface area contributed by atoms with Gasteiger partial charge < -0.3 is 23.7 Å². The van der Waals surface area contributed by atoms with Gasteiger partial charge in [0.2, 0.25) is 0 Å². The summed E-state index contributed by atoms with van der Waals surface area (Å²) in [6, 6.07) is 12.3. The molecular formula is C32H28INO10S3. The molecule has 3 heterocycles. The average molecular weight is 810 g/mol. The molecule has 0 fully saturated rings. The van der Waals surface area contributed by atoms with E-state index in [0.717, 1.165) is 60.2 Å². The van der Waals surface area contributed by atoms with Crippen molar-refractivity contribution in [1.82, 2.24) is 0 Å². The van der Waals surface area contributed by atoms with Gasteiger partial charge in [0.05, 0.1) is 57.9 Å². The van der Waals surface area contributed by atoms with Crippen LogP contribution in [0, 0.1) is 3.57 Å². The molecular weight excluding hydrogens is 781 g/mol. The van der Waals surface area contributed by atoms with E-state index >= 15 is 0 Å². The fraction of sp³-hybridized carbons (Fsp3) is 0.281. The highest BCUT2D eigenvalue weighted by atomic mass is 127. The normalized spacial score (nSPS) is 17.6. The first kappa shape index (κ1) is 34.9. The van der Waals surface area contributed by atoms with Gasteiger partial charge in [-0.1, -0.05) is 47.4 Å². The van der Waals surface area contributed by atoms with Gasteiger partial charge in [-0.15, -0.1) is 0 Å². The number of ether oxygens (including phenoxy) is 5. The largest absolute Gasteiger partial charge is 0.497 e. The number of carbonyl (C=O) groups excluding carboxylic acids is 5. The van der Waals surface area contributed by atoms with E-state index in [9.17, 15) is 24.0 Å². The fourth-order valence-electron chi connectivity index (χ4n) is 5.54. The highest BCUT2D eigenvalue weighted by Crippen LogP contribution is 2.71. The molecule has 1 spiro atoms. The number of hydrogen-bond donors (Lipinski definition) is 0. The number of anilines is 1. The Morgan fingerprint density at radius 3 is 1.83 bits per heavy atom. The molecule has 0 saturated heterocycles. The van der Waals surface area contributed by atoms with Gasteiger partial charge in [-0.25, -0.2) is 19.2 Å². The van der Waals surface area contributed by atoms with Gasteiger partial charge in [0, 0.05) is 19.6 Å². The number of rotatable bonds is 6. The molecule has 3 aliphatic rings. The minimum atomic E-state index is -1.70. The predicted octanol–water partition coefficient (Wildman–Crippen LogP) is 5.53. The van der Waals surface area contributed by atoms with Crippen molar-refractivity contribution < 1.29 is 47.7 Å². The quantitative estimate of drug-likeness (QED) is 0.206. The number of carbonyl (C=O) groups is 5. The molecule has 0 unspecified atom stereocenters. The maximum absolute atomic E-state index is 14.5. The number of nitrogens with zero attached hydrogens (tertiary/aromatic N) is 1. The summed E-state index contributed by atoms with van der Waals surface area (Å²) in [7, 11) is 6.16. The zero-order valence-electron chi connectivity index (χ0n) is 26.2. The van der Waals surface area contributed by atoms with Crippen molar-refractivity contribution in [3.05, 3.63) is 82.4 Å². The Hall–Kier alpha value is -3.41. The van der Waals surface area contributed by atoms with Crippen LogP contribution in [0.25, 0.3) is 5.57 Å². The van der Waals surface area contributed by atoms with Crippen LogP contribution in [0.3, 0.4) is 0 Å². The summed E-state index contributed by atoms with van der Waals surface area (Å²) in [5.41, 5.74) is 0.507. The minimum absolute atomic E-state index is 0.130. The van der Waals surface area contributed by atoms with Crippen LogP contribution in [0.4, 0.5) is 5.69 Å². The molecule has 0 aromatic heterocycles. The van der Waals surface area contributed by atoms with Crippen molar-refractivity contribution in [2.24, 2.45) is 0 Å². The molecule has 0 aliphatic carbocycles. The average Bonchev–Trinajstić information content (AvgIpc) is 3.46. The summed E-state index contributed by atoms with van der Waals surface area (Å²) in [5, 5.41) is 0. The van der Waals surface area contributed by atoms with Gasteiger partial charge in [0.1, 0.15) is 24.5 Å². The van der Waals surface area contributed by atoms with Crippen LogP contribution in [-0.2, 0) is 38.1 Å². The zero-order valence-corrected chi connectivity index (χ0v) is 30.8. The van der Waals surface area contributed by atoms with Crippen molar-refractivity contribution in [2.75, 3.05) is 40.4 Å². The molecule has 0 radical (unpaired) electrons. The number of benzene rings is 2. The smallest absolute Gasteiger partial charge is 0.345 e. The van der Waals surface area contributed by atoms with E-state index in [4.69, 9.17) is 23.7 Å². The number of fused-ring (bicyclic) bond motifs is 3. The van der Waals surface area contributed by atoms with E-state index in [1.165, 1.54) is 14.2 Å². The minimum Gasteiger partial charge on any atom is -0.497 e. The van der Waals surface area contributed by atoms with Gasteiger partial charge in [-0.05, 0) is 66.8 Å². The van der Waals surface area contributed by atoms with Crippen molar-refractivity contribution in [3.8, 4) is 5.75 Å². The molecule has 0 bridgehead atoms. The number of amides is 1. The van der Waals surface area contributed by atoms with Gasteiger partial charge in [-0.2, -0.15) is 0 Å². The molecule has 0 saturated carbocycles. The lowest BCUT2D eigenvalue weighted by Crippen LogP contribution is -2.54. The summed E-state index contributed by atoms with van der Waals surface area (Å²) in [4.78, 5) is 70.1. The Labute approximate surface area is 296 Å². The fourth-order valence-corrected chi connectivity index (χ4v) is 11.2. The van der Waals surface area contributed by atoms with Gasteiger partial charge in [0.15, 0.2) is 0 Å². The lowest BCUT2D eigenvalue weighted by molar-refractivity contribution is -0.138. The molecule has 47 heavy (non-hydrogen) atoms. The molecule has 0 atom stereocenters. The van der Waals surface area contributed by atoms with E-state index < -0.39 is 33.5 Å². The molecule has 15 heteroatoms. The lowest BCUT2D eigenvalue weighted by atomic mass is 9.83. The third-order valence-electron chi connectivity index (χ3n) is 7.65. The van der Waals surface area contributed by atoms with Crippen LogP contribution in [0.2, 0.25) is 0 Å². The number of esters is 4. The van der Waals surface area contributed by atoms with E-state index in [1.807, 2.05) is 26.0 Å². The molecule has 5 rings (SSSR count). The van der Waals surface area contributed by atoms with Crippen molar-refractivity contribution in [1.29, 1.82) is 0 Å². The van der Waals surface area contributed by atoms with Crippen molar-refractivity contribution in [3.63, 3.8) is 0 Å². The Morgan fingerprint density at radius 1 is 0.745 bits per heavy atom. The van der Waals surface area contributed by atoms with Crippen LogP contribution >= 0.6 is 57.9 Å². The Kier molecular flexibility index (Phi) is 9.84. The number of thioether (sulfide) groups is 3. The number of hydrogen-bond acceptors (Lipinski definition) is 13. The van der Waals surface area contributed by atoms with E-state index in [1.54, 1.807) is 35.2 Å². The zero-order chi connectivity index (χ0) is 34.4. The van der Waals surface area contributed by atoms with Crippen LogP contribution in [0.5, 0.6) is 5.75 Å². The highest BCUT2D eigenvalue weighted by molar-refractivity contribution is 14.1. The molecule has 11 nitrogen and oxygen atoms in total. The first-order chi connectivity index (χ1) is 22.3. The number of methoxy groups -OCH3 is 5. The molecule has 2 aromatic carbocycles. The SMILES string of the molecule is COC(=O)C1=C(C(=O)OC)SC2(S1)C(C(=O)OC)=C(C(=O)OC)SC1=C2c2cc(OC)ccc2N(C(=O)c2ccccc2I)C1(C)C. The second kappa shape index (κ2) is 13.2. The summed E-state index contributed by atoms with van der Waals surface area (Å²) >= 11 is 4.79. The summed E-state index contributed by atoms with van der Waals surface area (Å²) < 4.78 is 25.1. The van der Waals surface area contributed by atoms with Crippen LogP contribution < -0.4 is 9.64 Å². The third kappa shape index (κ3) is 5.54. The maximum atomic E-state index is 14.5. The van der Waals surface area contributed by atoms with Crippen molar-refractivity contribution in [2.45, 2.75) is 23.5 Å². The van der Waals surface area contributed by atoms with Crippen LogP contribution in [-0.4, -0.2) is 75.0 Å². The van der Waals surface area contributed by atoms with E-state index in [2.05, 4.69) is 22.6 Å². The lowest BCUT2D eigenvalue weighted by Gasteiger charge is -2.50. The van der Waals surface area contributed by atoms with Crippen LogP contribution in [0.15, 0.2) is 67.7 Å². The van der Waals surface area contributed by atoms with Gasteiger partial charge >= 0.3 is 23.9 Å². The first-order valence-corrected chi connectivity index (χ1v) is 17.3. The monoisotopic (exact) mass is 809 g/mol. The number of halogens is 1. The van der Waals surface area contributed by atoms with Gasteiger partial charge in [0.25, 0.3) is 5.91 Å². The van der Waals surface area contributed by atoms with E-state index in [-0.39, 0.29) is 26.2 Å². The van der Waals surface area contributed by atoms with Crippen molar-refractivity contribution >= 4 is 98.9 Å². The van der Waals surface area contributed by atoms with Gasteiger partial charge in [-0.3, -0.25) is 9.69 Å². The maximum Gasteiger partial charge on any atom is 0.345 e. The second-order valence-electron chi connectivity index (χ2n) is 10.5. The van der Waals surface area contributed by atoms with E-state index in [0.29, 0.717) is 33.0 Å². The van der Waals surface area contributed by atoms with Crippen LogP contribution in [0.1, 0.15) is 29.8 Å². The summed E-state index contributed by atoms with van der Waals surface area (Å²) in [5.74, 6) is -3.32. The molecule has 3 aliphatic heterocycles. The first-order valence-electron chi connectivity index (χ1n) is 13.7. The summed E-state index contributed by atoms with van der Waals surface area (Å²) in [6.45, 7) is 3.64. The topological polar surface area (TPSA) is 135 Å². The third-order valence-corrected chi connectivity index (χ3v) is 13.2. The Bertz CT molecular complexity index is 1820. The molecule has 0 N–H and O–H groups in total. The Balaban J connectivity index is 1.92. The molecule has 2 aromatic rings. The standard InChI is InChI=1S/C32H28INO10S3/c1-31(2)25-20(17-14-15(40-3)12-13-19(17)34(31)26(35)16-10-8-9-11-18(16)33)32(21(27(36)41-4)22(45-25)28(37)42-5)46-23(29(38)43-6)24(47-32)30(39)44-7/h8-14H,1-7H3. The summed E-state index contributed by atoms with van der Waals surface area (Å²) in [6.07, 6.45) is 0. The molecule has 246 valence electrons. The second-order valence-corrected chi connectivity index (χ2v) is 15.4. The Morgan fingerprint density at radius 2 is 1.30 bits per heavy atom. The highest BCUT2D eigenvalue weighted by Gasteiger charge is 2.62. The molecule has 1 amide bonds.